The Balaban J connectivity index is 1.13. The fraction of sp³-hybridized carbons (Fsp3) is 0.435. The van der Waals surface area contributed by atoms with Crippen LogP contribution in [0.15, 0.2) is 48.5 Å². The maximum absolute atomic E-state index is 13.1. The van der Waals surface area contributed by atoms with Gasteiger partial charge in [0.25, 0.3) is 0 Å². The van der Waals surface area contributed by atoms with Gasteiger partial charge < -0.3 is 4.90 Å². The van der Waals surface area contributed by atoms with Crippen molar-refractivity contribution in [2.24, 2.45) is 0 Å². The number of nitrogens with one attached hydrogen (secondary N) is 2. The quantitative estimate of drug-likeness (QED) is 0.516. The average Bonchev–Trinajstić information content (AvgIpc) is 3.41. The van der Waals surface area contributed by atoms with Crippen LogP contribution in [0.25, 0.3) is 11.0 Å². The zero-order valence-electron chi connectivity index (χ0n) is 17.8. The number of para-hydroxylation sites is 1. The van der Waals surface area contributed by atoms with E-state index in [1.54, 1.807) is 9.58 Å². The molecule has 164 valence electrons. The van der Waals surface area contributed by atoms with E-state index in [4.69, 9.17) is 0 Å². The van der Waals surface area contributed by atoms with Crippen molar-refractivity contribution in [1.82, 2.24) is 30.7 Å². The van der Waals surface area contributed by atoms with Crippen molar-refractivity contribution in [3.05, 3.63) is 59.9 Å². The molecule has 0 spiro atoms. The molecule has 2 heterocycles. The van der Waals surface area contributed by atoms with Gasteiger partial charge in [0.15, 0.2) is 0 Å². The van der Waals surface area contributed by atoms with Gasteiger partial charge >= 0.3 is 0 Å². The van der Waals surface area contributed by atoms with E-state index >= 15 is 0 Å². The highest BCUT2D eigenvalue weighted by atomic mass is 19.1. The molecule has 4 rings (SSSR count). The van der Waals surface area contributed by atoms with Gasteiger partial charge in [0.1, 0.15) is 17.9 Å². The van der Waals surface area contributed by atoms with Crippen molar-refractivity contribution >= 4 is 16.9 Å². The number of halogens is 1. The molecule has 1 amide bonds. The Kier molecular flexibility index (Phi) is 6.89. The van der Waals surface area contributed by atoms with Crippen molar-refractivity contribution in [2.75, 3.05) is 13.6 Å². The van der Waals surface area contributed by atoms with Gasteiger partial charge in [-0.25, -0.2) is 9.07 Å². The highest BCUT2D eigenvalue weighted by molar-refractivity contribution is 5.79. The lowest BCUT2D eigenvalue weighted by Crippen LogP contribution is -2.31. The van der Waals surface area contributed by atoms with Gasteiger partial charge in [-0.05, 0) is 49.1 Å². The van der Waals surface area contributed by atoms with E-state index in [0.717, 1.165) is 55.2 Å². The lowest BCUT2D eigenvalue weighted by atomic mass is 9.99. The summed E-state index contributed by atoms with van der Waals surface area (Å²) in [6.07, 6.45) is 5.22. The lowest BCUT2D eigenvalue weighted by Gasteiger charge is -2.17. The van der Waals surface area contributed by atoms with Crippen molar-refractivity contribution < 1.29 is 9.18 Å². The van der Waals surface area contributed by atoms with Crippen LogP contribution in [0.1, 0.15) is 43.7 Å². The molecule has 31 heavy (non-hydrogen) atoms. The number of benzene rings is 2. The van der Waals surface area contributed by atoms with Crippen LogP contribution >= 0.6 is 0 Å². The normalized spacial score (nSPS) is 18.5. The summed E-state index contributed by atoms with van der Waals surface area (Å²) in [4.78, 5) is 14.3. The number of rotatable bonds is 9. The Morgan fingerprint density at radius 1 is 1.13 bits per heavy atom. The summed E-state index contributed by atoms with van der Waals surface area (Å²) < 4.78 is 14.7. The molecule has 7 nitrogen and oxygen atoms in total. The molecule has 1 fully saturated rings. The molecule has 2 unspecified atom stereocenters. The van der Waals surface area contributed by atoms with Gasteiger partial charge in [-0.1, -0.05) is 42.3 Å². The van der Waals surface area contributed by atoms with Crippen molar-refractivity contribution in [2.45, 2.75) is 50.7 Å². The minimum Gasteiger partial charge on any atom is -0.344 e. The smallest absolute Gasteiger partial charge is 0.244 e. The number of nitrogens with zero attached hydrogens (tertiary/aromatic N) is 4. The fourth-order valence-corrected chi connectivity index (χ4v) is 4.05. The van der Waals surface area contributed by atoms with Gasteiger partial charge in [0.2, 0.25) is 5.91 Å². The van der Waals surface area contributed by atoms with Gasteiger partial charge in [0.05, 0.1) is 5.52 Å². The average molecular weight is 425 g/mol. The van der Waals surface area contributed by atoms with Crippen LogP contribution in [0.3, 0.4) is 0 Å². The number of hydrogen-bond donors (Lipinski definition) is 2. The molecule has 2 N–H and O–H groups in total. The Morgan fingerprint density at radius 3 is 2.77 bits per heavy atom. The zero-order chi connectivity index (χ0) is 21.6. The van der Waals surface area contributed by atoms with E-state index < -0.39 is 0 Å². The number of fused-ring (bicyclic) bond motifs is 1. The van der Waals surface area contributed by atoms with Crippen LogP contribution in [0.2, 0.25) is 0 Å². The second kappa shape index (κ2) is 9.98. The van der Waals surface area contributed by atoms with E-state index in [9.17, 15) is 9.18 Å². The highest BCUT2D eigenvalue weighted by Gasteiger charge is 2.24. The first kappa shape index (κ1) is 21.4. The topological polar surface area (TPSA) is 75.1 Å². The Labute approximate surface area is 181 Å². The predicted octanol–water partition coefficient (Wildman–Crippen LogP) is 3.20. The zero-order valence-corrected chi connectivity index (χ0v) is 17.8. The first-order chi connectivity index (χ1) is 15.1. The van der Waals surface area contributed by atoms with Crippen LogP contribution < -0.4 is 10.9 Å². The van der Waals surface area contributed by atoms with Crippen molar-refractivity contribution in [3.8, 4) is 0 Å². The summed E-state index contributed by atoms with van der Waals surface area (Å²) in [6, 6.07) is 15.0. The van der Waals surface area contributed by atoms with E-state index in [2.05, 4.69) is 21.2 Å². The van der Waals surface area contributed by atoms with Crippen LogP contribution in [-0.4, -0.2) is 45.4 Å². The van der Waals surface area contributed by atoms with E-state index in [1.807, 2.05) is 43.4 Å². The molecule has 1 aromatic heterocycles. The highest BCUT2D eigenvalue weighted by Crippen LogP contribution is 2.24. The van der Waals surface area contributed by atoms with Crippen LogP contribution in [0.5, 0.6) is 0 Å². The first-order valence-corrected chi connectivity index (χ1v) is 10.9. The number of hydrazine groups is 1. The maximum atomic E-state index is 13.1. The maximum Gasteiger partial charge on any atom is 0.244 e. The minimum absolute atomic E-state index is 0.0412. The molecular weight excluding hydrogens is 395 g/mol. The number of hydrogen-bond acceptors (Lipinski definition) is 5. The molecule has 1 aliphatic rings. The number of likely N-dealkylation sites (N-methyl/N-ethyl adjacent to an activating group) is 1. The molecule has 2 aromatic carbocycles. The molecule has 0 aliphatic carbocycles. The third kappa shape index (κ3) is 5.45. The Hall–Kier alpha value is -2.84. The molecule has 1 aliphatic heterocycles. The van der Waals surface area contributed by atoms with Gasteiger partial charge in [-0.15, -0.1) is 5.10 Å². The van der Waals surface area contributed by atoms with Crippen molar-refractivity contribution in [3.63, 3.8) is 0 Å². The van der Waals surface area contributed by atoms with E-state index in [-0.39, 0.29) is 24.3 Å². The summed E-state index contributed by atoms with van der Waals surface area (Å²) in [7, 11) is 1.84. The molecule has 1 saturated heterocycles. The van der Waals surface area contributed by atoms with Gasteiger partial charge in [-0.2, -0.15) is 0 Å². The predicted molar refractivity (Wildman–Crippen MR) is 117 cm³/mol. The number of carbonyl (C=O) groups is 1. The third-order valence-electron chi connectivity index (χ3n) is 5.93. The fourth-order valence-electron chi connectivity index (χ4n) is 4.05. The molecule has 2 atom stereocenters. The van der Waals surface area contributed by atoms with Crippen LogP contribution in [0, 0.1) is 5.82 Å². The summed E-state index contributed by atoms with van der Waals surface area (Å²) in [6.45, 7) is 0.944. The van der Waals surface area contributed by atoms with Gasteiger partial charge in [0, 0.05) is 25.7 Å². The molecule has 0 radical (unpaired) electrons. The van der Waals surface area contributed by atoms with Gasteiger partial charge in [-0.3, -0.25) is 15.6 Å². The number of aromatic nitrogens is 3. The number of unbranched alkanes of at least 4 members (excludes halogenated alkanes) is 2. The SMILES string of the molecule is CN(CCCCCC1CC(c2ccc(F)cc2)NN1)C(=O)Cn1nnc2ccccc21. The van der Waals surface area contributed by atoms with Crippen LogP contribution in [-0.2, 0) is 11.3 Å². The number of carbonyl (C=O) groups excluding carboxylic acids is 1. The Morgan fingerprint density at radius 2 is 1.94 bits per heavy atom. The standard InChI is InChI=1S/C23H29FN6O/c1-29(23(31)16-30-22-9-5-4-8-20(22)27-28-30)14-6-2-3-7-19-15-21(26-25-19)17-10-12-18(24)13-11-17/h4-5,8-13,19,21,25-26H,2-3,6-7,14-16H2,1H3. The van der Waals surface area contributed by atoms with Crippen LogP contribution in [0.4, 0.5) is 4.39 Å². The second-order valence-corrected chi connectivity index (χ2v) is 8.23. The Bertz CT molecular complexity index is 1000. The first-order valence-electron chi connectivity index (χ1n) is 10.9. The summed E-state index contributed by atoms with van der Waals surface area (Å²) in [5.41, 5.74) is 9.45. The monoisotopic (exact) mass is 424 g/mol. The molecule has 3 aromatic rings. The summed E-state index contributed by atoms with van der Waals surface area (Å²) >= 11 is 0. The third-order valence-corrected chi connectivity index (χ3v) is 5.93. The van der Waals surface area contributed by atoms with Crippen molar-refractivity contribution in [1.29, 1.82) is 0 Å². The number of amides is 1. The molecule has 0 saturated carbocycles. The summed E-state index contributed by atoms with van der Waals surface area (Å²) in [5.74, 6) is -0.163. The molecule has 0 bridgehead atoms. The largest absolute Gasteiger partial charge is 0.344 e. The van der Waals surface area contributed by atoms with E-state index in [0.29, 0.717) is 6.04 Å². The molecule has 8 heteroatoms. The van der Waals surface area contributed by atoms with E-state index in [1.165, 1.54) is 12.1 Å². The molecular formula is C23H29FN6O. The minimum atomic E-state index is -0.204. The second-order valence-electron chi connectivity index (χ2n) is 8.23. The lowest BCUT2D eigenvalue weighted by molar-refractivity contribution is -0.130. The summed E-state index contributed by atoms with van der Waals surface area (Å²) in [5, 5.41) is 8.19.